The van der Waals surface area contributed by atoms with Crippen LogP contribution in [-0.2, 0) is 0 Å². The van der Waals surface area contributed by atoms with Crippen molar-refractivity contribution in [3.63, 3.8) is 0 Å². The van der Waals surface area contributed by atoms with Crippen molar-refractivity contribution in [3.8, 4) is 0 Å². The van der Waals surface area contributed by atoms with Crippen LogP contribution in [0.2, 0.25) is 0 Å². The van der Waals surface area contributed by atoms with Gasteiger partial charge in [0, 0.05) is 10.9 Å². The molecule has 3 heteroatoms. The molecule has 0 aromatic carbocycles. The Morgan fingerprint density at radius 3 is 2.36 bits per heavy atom. The minimum absolute atomic E-state index is 0.125. The van der Waals surface area contributed by atoms with Gasteiger partial charge in [-0.15, -0.1) is 0 Å². The number of nitrogens with two attached hydrogens (primary N) is 1. The van der Waals surface area contributed by atoms with Crippen LogP contribution in [0.15, 0.2) is 6.07 Å². The fraction of sp³-hybridized carbons (Fsp3) is 0.625. The van der Waals surface area contributed by atoms with Gasteiger partial charge in [0.05, 0.1) is 5.69 Å². The van der Waals surface area contributed by atoms with Crippen LogP contribution >= 0.6 is 11.5 Å². The molecule has 62 valence electrons. The van der Waals surface area contributed by atoms with E-state index >= 15 is 0 Å². The first kappa shape index (κ1) is 8.68. The van der Waals surface area contributed by atoms with E-state index in [9.17, 15) is 0 Å². The Kier molecular flexibility index (Phi) is 2.62. The molecule has 1 heterocycles. The average Bonchev–Trinajstić information content (AvgIpc) is 2.33. The predicted molar refractivity (Wildman–Crippen MR) is 48.8 cm³/mol. The molecule has 0 saturated heterocycles. The molecule has 0 amide bonds. The quantitative estimate of drug-likeness (QED) is 0.739. The first-order valence-electron chi connectivity index (χ1n) is 3.83. The van der Waals surface area contributed by atoms with Crippen LogP contribution < -0.4 is 5.73 Å². The Hall–Kier alpha value is -0.410. The smallest absolute Gasteiger partial charge is 0.0571 e. The highest BCUT2D eigenvalue weighted by Crippen LogP contribution is 2.21. The first-order chi connectivity index (χ1) is 5.11. The molecule has 0 bridgehead atoms. The Morgan fingerprint density at radius 1 is 1.45 bits per heavy atom. The molecular weight excluding hydrogens is 156 g/mol. The molecule has 0 saturated carbocycles. The van der Waals surface area contributed by atoms with E-state index in [0.29, 0.717) is 5.92 Å². The van der Waals surface area contributed by atoms with E-state index in [1.54, 1.807) is 0 Å². The molecule has 0 spiro atoms. The Morgan fingerprint density at radius 2 is 2.09 bits per heavy atom. The molecule has 0 aliphatic carbocycles. The van der Waals surface area contributed by atoms with Crippen molar-refractivity contribution in [3.05, 3.63) is 16.6 Å². The van der Waals surface area contributed by atoms with Gasteiger partial charge in [0.15, 0.2) is 0 Å². The van der Waals surface area contributed by atoms with Gasteiger partial charge >= 0.3 is 0 Å². The molecule has 0 fully saturated rings. The van der Waals surface area contributed by atoms with Gasteiger partial charge in [-0.3, -0.25) is 0 Å². The van der Waals surface area contributed by atoms with Crippen LogP contribution in [0.3, 0.4) is 0 Å². The highest BCUT2D eigenvalue weighted by atomic mass is 32.1. The molecular formula is C8H14N2S. The molecule has 2 N–H and O–H groups in total. The Balaban J connectivity index is 2.82. The number of aromatic nitrogens is 1. The van der Waals surface area contributed by atoms with E-state index in [4.69, 9.17) is 5.73 Å². The van der Waals surface area contributed by atoms with Crippen molar-refractivity contribution in [1.29, 1.82) is 0 Å². The zero-order valence-electron chi connectivity index (χ0n) is 7.16. The van der Waals surface area contributed by atoms with Crippen LogP contribution in [0.5, 0.6) is 0 Å². The summed E-state index contributed by atoms with van der Waals surface area (Å²) in [7, 11) is 0. The molecule has 1 aromatic rings. The van der Waals surface area contributed by atoms with Crippen LogP contribution in [0.25, 0.3) is 0 Å². The van der Waals surface area contributed by atoms with Crippen LogP contribution in [0, 0.1) is 0 Å². The second-order valence-corrected chi connectivity index (χ2v) is 3.93. The van der Waals surface area contributed by atoms with Gasteiger partial charge in [-0.2, -0.15) is 4.37 Å². The van der Waals surface area contributed by atoms with Gasteiger partial charge in [-0.25, -0.2) is 0 Å². The number of hydrogen-bond donors (Lipinski definition) is 1. The van der Waals surface area contributed by atoms with Crippen molar-refractivity contribution in [2.75, 3.05) is 0 Å². The number of hydrogen-bond acceptors (Lipinski definition) is 3. The van der Waals surface area contributed by atoms with E-state index in [1.165, 1.54) is 16.4 Å². The van der Waals surface area contributed by atoms with E-state index < -0.39 is 0 Å². The summed E-state index contributed by atoms with van der Waals surface area (Å²) in [6.45, 7) is 6.26. The van der Waals surface area contributed by atoms with Gasteiger partial charge in [0.25, 0.3) is 0 Å². The summed E-state index contributed by atoms with van der Waals surface area (Å²) >= 11 is 1.51. The fourth-order valence-corrected chi connectivity index (χ4v) is 1.60. The van der Waals surface area contributed by atoms with Crippen LogP contribution in [-0.4, -0.2) is 4.37 Å². The third kappa shape index (κ3) is 2.01. The summed E-state index contributed by atoms with van der Waals surface area (Å²) in [5.41, 5.74) is 6.85. The maximum atomic E-state index is 5.70. The van der Waals surface area contributed by atoms with Gasteiger partial charge < -0.3 is 5.73 Å². The summed E-state index contributed by atoms with van der Waals surface area (Å²) in [5.74, 6) is 0.513. The molecule has 0 aliphatic rings. The van der Waals surface area contributed by atoms with Gasteiger partial charge in [-0.1, -0.05) is 13.8 Å². The van der Waals surface area contributed by atoms with Crippen molar-refractivity contribution < 1.29 is 0 Å². The monoisotopic (exact) mass is 170 g/mol. The normalized spacial score (nSPS) is 13.9. The molecule has 0 unspecified atom stereocenters. The second-order valence-electron chi connectivity index (χ2n) is 3.10. The topological polar surface area (TPSA) is 38.9 Å². The van der Waals surface area contributed by atoms with Crippen LogP contribution in [0.4, 0.5) is 0 Å². The molecule has 0 radical (unpaired) electrons. The lowest BCUT2D eigenvalue weighted by molar-refractivity contribution is 0.819. The largest absolute Gasteiger partial charge is 0.323 e. The summed E-state index contributed by atoms with van der Waals surface area (Å²) < 4.78 is 4.30. The predicted octanol–water partition coefficient (Wildman–Crippen LogP) is 2.29. The minimum atomic E-state index is 0.125. The van der Waals surface area contributed by atoms with Crippen molar-refractivity contribution in [2.45, 2.75) is 32.7 Å². The maximum absolute atomic E-state index is 5.70. The number of rotatable bonds is 2. The zero-order valence-corrected chi connectivity index (χ0v) is 7.98. The van der Waals surface area contributed by atoms with Crippen molar-refractivity contribution in [1.82, 2.24) is 4.37 Å². The lowest BCUT2D eigenvalue weighted by atomic mass is 10.1. The van der Waals surface area contributed by atoms with Crippen molar-refractivity contribution in [2.24, 2.45) is 5.73 Å². The van der Waals surface area contributed by atoms with E-state index in [2.05, 4.69) is 24.3 Å². The van der Waals surface area contributed by atoms with Gasteiger partial charge in [-0.05, 0) is 30.4 Å². The van der Waals surface area contributed by atoms with E-state index in [1.807, 2.05) is 6.92 Å². The van der Waals surface area contributed by atoms with Gasteiger partial charge in [0.2, 0.25) is 0 Å². The molecule has 1 aromatic heterocycles. The molecule has 11 heavy (non-hydrogen) atoms. The molecule has 0 aliphatic heterocycles. The third-order valence-electron chi connectivity index (χ3n) is 1.59. The average molecular weight is 170 g/mol. The molecule has 2 nitrogen and oxygen atoms in total. The Labute approximate surface area is 71.6 Å². The second kappa shape index (κ2) is 3.32. The molecule has 1 rings (SSSR count). The highest BCUT2D eigenvalue weighted by Gasteiger charge is 2.07. The van der Waals surface area contributed by atoms with Gasteiger partial charge in [0.1, 0.15) is 0 Å². The fourth-order valence-electron chi connectivity index (χ4n) is 0.791. The van der Waals surface area contributed by atoms with Crippen molar-refractivity contribution >= 4 is 11.5 Å². The first-order valence-corrected chi connectivity index (χ1v) is 4.60. The zero-order chi connectivity index (χ0) is 8.43. The van der Waals surface area contributed by atoms with E-state index in [-0.39, 0.29) is 6.04 Å². The molecule has 1 atom stereocenters. The standard InChI is InChI=1S/C8H14N2S/c1-5(2)7-4-8(6(3)9)11-10-7/h4-6H,9H2,1-3H3/t6-/m0/s1. The summed E-state index contributed by atoms with van der Waals surface area (Å²) in [5, 5.41) is 0. The number of nitrogens with zero attached hydrogens (tertiary/aromatic N) is 1. The minimum Gasteiger partial charge on any atom is -0.323 e. The van der Waals surface area contributed by atoms with E-state index in [0.717, 1.165) is 5.69 Å². The maximum Gasteiger partial charge on any atom is 0.0571 e. The summed E-state index contributed by atoms with van der Waals surface area (Å²) in [6, 6.07) is 2.22. The highest BCUT2D eigenvalue weighted by molar-refractivity contribution is 7.05. The Bertz CT molecular complexity index is 205. The third-order valence-corrected chi connectivity index (χ3v) is 2.59. The lowest BCUT2D eigenvalue weighted by Crippen LogP contribution is -2.01. The lowest BCUT2D eigenvalue weighted by Gasteiger charge is -1.98. The summed E-state index contributed by atoms with van der Waals surface area (Å²) in [4.78, 5) is 1.17. The SMILES string of the molecule is CC(C)c1cc([C@H](C)N)sn1. The van der Waals surface area contributed by atoms with Crippen LogP contribution in [0.1, 0.15) is 43.3 Å². The summed E-state index contributed by atoms with van der Waals surface area (Å²) in [6.07, 6.45) is 0.